The summed E-state index contributed by atoms with van der Waals surface area (Å²) in [5, 5.41) is 3.32. The number of hydrogen-bond donors (Lipinski definition) is 1. The zero-order valence-corrected chi connectivity index (χ0v) is 9.78. The Kier molecular flexibility index (Phi) is 2.83. The number of aryl methyl sites for hydroxylation is 1. The van der Waals surface area contributed by atoms with Crippen LogP contribution < -0.4 is 11.1 Å². The molecule has 1 N–H and O–H groups in total. The van der Waals surface area contributed by atoms with Crippen LogP contribution in [-0.4, -0.2) is 11.1 Å². The maximum Gasteiger partial charge on any atom is 0.419 e. The van der Waals surface area contributed by atoms with Crippen molar-refractivity contribution < 1.29 is 4.42 Å². The molecule has 0 amide bonds. The van der Waals surface area contributed by atoms with Gasteiger partial charge in [-0.05, 0) is 31.2 Å². The Morgan fingerprint density at radius 1 is 1.50 bits per heavy atom. The minimum absolute atomic E-state index is 0.264. The molecule has 0 bridgehead atoms. The number of nitrogens with one attached hydrogen (secondary N) is 1. The predicted molar refractivity (Wildman–Crippen MR) is 63.5 cm³/mol. The van der Waals surface area contributed by atoms with Gasteiger partial charge in [0, 0.05) is 13.1 Å². The van der Waals surface area contributed by atoms with Gasteiger partial charge in [0.05, 0.1) is 5.52 Å². The maximum absolute atomic E-state index is 11.3. The van der Waals surface area contributed by atoms with Crippen LogP contribution in [0.15, 0.2) is 27.4 Å². The predicted octanol–water partition coefficient (Wildman–Crippen LogP) is 1.80. The minimum Gasteiger partial charge on any atom is -0.408 e. The Morgan fingerprint density at radius 3 is 2.94 bits per heavy atom. The van der Waals surface area contributed by atoms with Crippen LogP contribution in [0, 0.1) is 0 Å². The van der Waals surface area contributed by atoms with E-state index in [2.05, 4.69) is 19.2 Å². The fourth-order valence-corrected chi connectivity index (χ4v) is 1.84. The van der Waals surface area contributed by atoms with E-state index in [0.29, 0.717) is 5.58 Å². The van der Waals surface area contributed by atoms with Gasteiger partial charge < -0.3 is 9.73 Å². The fraction of sp³-hybridized carbons (Fsp3) is 0.417. The monoisotopic (exact) mass is 220 g/mol. The highest BCUT2D eigenvalue weighted by Crippen LogP contribution is 2.19. The molecular formula is C12H16N2O2. The molecule has 86 valence electrons. The van der Waals surface area contributed by atoms with E-state index < -0.39 is 0 Å². The molecule has 1 atom stereocenters. The molecule has 0 spiro atoms. The Hall–Kier alpha value is -1.55. The lowest BCUT2D eigenvalue weighted by Crippen LogP contribution is -2.17. The third kappa shape index (κ3) is 1.76. The first-order chi connectivity index (χ1) is 7.63. The van der Waals surface area contributed by atoms with Crippen molar-refractivity contribution in [1.82, 2.24) is 9.88 Å². The first kappa shape index (κ1) is 11.0. The summed E-state index contributed by atoms with van der Waals surface area (Å²) in [6, 6.07) is 6.12. The average molecular weight is 220 g/mol. The SMILES string of the molecule is CCNC(C)c1ccc2c(c1)oc(=O)n2C. The van der Waals surface area contributed by atoms with Crippen molar-refractivity contribution in [2.24, 2.45) is 7.05 Å². The molecule has 0 saturated heterocycles. The van der Waals surface area contributed by atoms with E-state index in [4.69, 9.17) is 4.42 Å². The van der Waals surface area contributed by atoms with Gasteiger partial charge in [0.15, 0.2) is 5.58 Å². The summed E-state index contributed by atoms with van der Waals surface area (Å²) in [4.78, 5) is 11.3. The third-order valence-electron chi connectivity index (χ3n) is 2.83. The van der Waals surface area contributed by atoms with Crippen LogP contribution in [-0.2, 0) is 7.05 Å². The zero-order valence-electron chi connectivity index (χ0n) is 9.78. The standard InChI is InChI=1S/C12H16N2O2/c1-4-13-8(2)9-5-6-10-11(7-9)16-12(15)14(10)3/h5-8,13H,4H2,1-3H3. The van der Waals surface area contributed by atoms with Crippen molar-refractivity contribution in [2.45, 2.75) is 19.9 Å². The quantitative estimate of drug-likeness (QED) is 0.858. The van der Waals surface area contributed by atoms with Crippen LogP contribution in [0.25, 0.3) is 11.1 Å². The summed E-state index contributed by atoms with van der Waals surface area (Å²) in [5.41, 5.74) is 2.61. The highest BCUT2D eigenvalue weighted by atomic mass is 16.4. The van der Waals surface area contributed by atoms with E-state index in [-0.39, 0.29) is 11.8 Å². The maximum atomic E-state index is 11.3. The van der Waals surface area contributed by atoms with Crippen LogP contribution in [0.5, 0.6) is 0 Å². The van der Waals surface area contributed by atoms with Gasteiger partial charge >= 0.3 is 5.76 Å². The van der Waals surface area contributed by atoms with E-state index in [1.165, 1.54) is 4.57 Å². The molecule has 0 saturated carbocycles. The number of oxazole rings is 1. The molecule has 1 aromatic carbocycles. The Balaban J connectivity index is 2.48. The van der Waals surface area contributed by atoms with Gasteiger partial charge in [-0.3, -0.25) is 4.57 Å². The van der Waals surface area contributed by atoms with Crippen molar-refractivity contribution in [1.29, 1.82) is 0 Å². The number of aromatic nitrogens is 1. The molecule has 0 aliphatic carbocycles. The lowest BCUT2D eigenvalue weighted by molar-refractivity contribution is 0.526. The Morgan fingerprint density at radius 2 is 2.25 bits per heavy atom. The van der Waals surface area contributed by atoms with Crippen molar-refractivity contribution in [3.05, 3.63) is 34.3 Å². The van der Waals surface area contributed by atoms with Crippen LogP contribution in [0.1, 0.15) is 25.5 Å². The second-order valence-electron chi connectivity index (χ2n) is 3.93. The molecule has 1 aromatic heterocycles. The summed E-state index contributed by atoms with van der Waals surface area (Å²) >= 11 is 0. The summed E-state index contributed by atoms with van der Waals surface area (Å²) < 4.78 is 6.66. The molecule has 0 aliphatic rings. The fourth-order valence-electron chi connectivity index (χ4n) is 1.84. The Labute approximate surface area is 93.9 Å². The molecular weight excluding hydrogens is 204 g/mol. The normalized spacial score (nSPS) is 13.2. The second-order valence-corrected chi connectivity index (χ2v) is 3.93. The van der Waals surface area contributed by atoms with Crippen molar-refractivity contribution in [3.63, 3.8) is 0 Å². The lowest BCUT2D eigenvalue weighted by Gasteiger charge is -2.12. The molecule has 0 radical (unpaired) electrons. The van der Waals surface area contributed by atoms with Gasteiger partial charge in [0.2, 0.25) is 0 Å². The van der Waals surface area contributed by atoms with Crippen LogP contribution in [0.4, 0.5) is 0 Å². The largest absolute Gasteiger partial charge is 0.419 e. The number of hydrogen-bond acceptors (Lipinski definition) is 3. The van der Waals surface area contributed by atoms with Gasteiger partial charge in [-0.25, -0.2) is 4.79 Å². The van der Waals surface area contributed by atoms with Crippen LogP contribution in [0.3, 0.4) is 0 Å². The third-order valence-corrected chi connectivity index (χ3v) is 2.83. The highest BCUT2D eigenvalue weighted by molar-refractivity contribution is 5.73. The van der Waals surface area contributed by atoms with Gasteiger partial charge in [-0.15, -0.1) is 0 Å². The van der Waals surface area contributed by atoms with Gasteiger partial charge in [0.1, 0.15) is 0 Å². The first-order valence-electron chi connectivity index (χ1n) is 5.46. The molecule has 4 nitrogen and oxygen atoms in total. The van der Waals surface area contributed by atoms with E-state index >= 15 is 0 Å². The summed E-state index contributed by atoms with van der Waals surface area (Å²) in [6.45, 7) is 5.07. The molecule has 0 fully saturated rings. The number of benzene rings is 1. The molecule has 4 heteroatoms. The molecule has 16 heavy (non-hydrogen) atoms. The molecule has 2 rings (SSSR count). The second kappa shape index (κ2) is 4.14. The summed E-state index contributed by atoms with van der Waals surface area (Å²) in [7, 11) is 1.71. The molecule has 1 unspecified atom stereocenters. The summed E-state index contributed by atoms with van der Waals surface area (Å²) in [6.07, 6.45) is 0. The van der Waals surface area contributed by atoms with Crippen LogP contribution in [0.2, 0.25) is 0 Å². The van der Waals surface area contributed by atoms with E-state index in [9.17, 15) is 4.79 Å². The summed E-state index contributed by atoms with van der Waals surface area (Å²) in [5.74, 6) is -0.316. The van der Waals surface area contributed by atoms with Gasteiger partial charge in [0.25, 0.3) is 0 Å². The van der Waals surface area contributed by atoms with Crippen molar-refractivity contribution >= 4 is 11.1 Å². The van der Waals surface area contributed by atoms with Gasteiger partial charge in [-0.2, -0.15) is 0 Å². The topological polar surface area (TPSA) is 47.2 Å². The Bertz CT molecular complexity index is 554. The molecule has 0 aliphatic heterocycles. The van der Waals surface area contributed by atoms with Crippen LogP contribution >= 0.6 is 0 Å². The van der Waals surface area contributed by atoms with E-state index in [1.54, 1.807) is 7.05 Å². The van der Waals surface area contributed by atoms with E-state index in [1.807, 2.05) is 18.2 Å². The zero-order chi connectivity index (χ0) is 11.7. The molecule has 1 heterocycles. The minimum atomic E-state index is -0.316. The van der Waals surface area contributed by atoms with E-state index in [0.717, 1.165) is 17.6 Å². The number of nitrogens with zero attached hydrogens (tertiary/aromatic N) is 1. The molecule has 2 aromatic rings. The number of rotatable bonds is 3. The lowest BCUT2D eigenvalue weighted by atomic mass is 10.1. The first-order valence-corrected chi connectivity index (χ1v) is 5.46. The smallest absolute Gasteiger partial charge is 0.408 e. The van der Waals surface area contributed by atoms with Crippen molar-refractivity contribution in [3.8, 4) is 0 Å². The highest BCUT2D eigenvalue weighted by Gasteiger charge is 2.09. The average Bonchev–Trinajstić information content (AvgIpc) is 2.55. The number of fused-ring (bicyclic) bond motifs is 1. The van der Waals surface area contributed by atoms with Crippen molar-refractivity contribution in [2.75, 3.05) is 6.54 Å². The van der Waals surface area contributed by atoms with Gasteiger partial charge in [-0.1, -0.05) is 13.0 Å².